The number of hydrogen-bond donors (Lipinski definition) is 2. The third kappa shape index (κ3) is 6.82. The van der Waals surface area contributed by atoms with Crippen LogP contribution in [-0.4, -0.2) is 37.9 Å². The highest BCUT2D eigenvalue weighted by molar-refractivity contribution is 5.85. The van der Waals surface area contributed by atoms with Crippen molar-refractivity contribution < 1.29 is 23.8 Å². The van der Waals surface area contributed by atoms with Crippen molar-refractivity contribution in [3.63, 3.8) is 0 Å². The molecule has 7 nitrogen and oxygen atoms in total. The average molecular weight is 366 g/mol. The van der Waals surface area contributed by atoms with Crippen LogP contribution in [-0.2, 0) is 16.1 Å². The van der Waals surface area contributed by atoms with E-state index >= 15 is 0 Å². The number of alkyl carbamates (subject to hydrolysis) is 1. The van der Waals surface area contributed by atoms with Crippen molar-refractivity contribution in [3.8, 4) is 11.5 Å². The summed E-state index contributed by atoms with van der Waals surface area (Å²) < 4.78 is 15.7. The van der Waals surface area contributed by atoms with E-state index in [9.17, 15) is 9.59 Å². The Morgan fingerprint density at radius 3 is 2.19 bits per heavy atom. The van der Waals surface area contributed by atoms with Crippen molar-refractivity contribution in [2.75, 3.05) is 14.2 Å². The van der Waals surface area contributed by atoms with Crippen LogP contribution in [0.5, 0.6) is 11.5 Å². The fourth-order valence-corrected chi connectivity index (χ4v) is 2.26. The van der Waals surface area contributed by atoms with Gasteiger partial charge in [0.2, 0.25) is 5.91 Å². The number of rotatable bonds is 7. The summed E-state index contributed by atoms with van der Waals surface area (Å²) in [6.45, 7) is 9.34. The van der Waals surface area contributed by atoms with Gasteiger partial charge in [-0.3, -0.25) is 4.79 Å². The van der Waals surface area contributed by atoms with Gasteiger partial charge in [-0.2, -0.15) is 0 Å². The highest BCUT2D eigenvalue weighted by Crippen LogP contribution is 2.27. The van der Waals surface area contributed by atoms with Crippen LogP contribution < -0.4 is 20.1 Å². The lowest BCUT2D eigenvalue weighted by Crippen LogP contribution is -2.50. The summed E-state index contributed by atoms with van der Waals surface area (Å²) in [7, 11) is 3.12. The summed E-state index contributed by atoms with van der Waals surface area (Å²) in [5.41, 5.74) is 0.234. The average Bonchev–Trinajstić information content (AvgIpc) is 2.55. The Labute approximate surface area is 155 Å². The van der Waals surface area contributed by atoms with E-state index in [-0.39, 0.29) is 11.8 Å². The molecule has 2 amide bonds. The number of amides is 2. The smallest absolute Gasteiger partial charge is 0.408 e. The standard InChI is InChI=1S/C19H30N2O5/c1-12(2)16(21-18(23)26-19(3,4)5)17(22)20-11-13-8-9-14(24-6)15(10-13)25-7/h8-10,12,16H,11H2,1-7H3,(H,20,22)(H,21,23). The molecular formula is C19H30N2O5. The van der Waals surface area contributed by atoms with Gasteiger partial charge >= 0.3 is 6.09 Å². The number of nitrogens with one attached hydrogen (secondary N) is 2. The molecule has 1 aromatic rings. The van der Waals surface area contributed by atoms with Crippen LogP contribution in [0.2, 0.25) is 0 Å². The van der Waals surface area contributed by atoms with E-state index in [1.54, 1.807) is 47.1 Å². The molecule has 1 rings (SSSR count). The van der Waals surface area contributed by atoms with Crippen molar-refractivity contribution in [2.45, 2.75) is 52.8 Å². The highest BCUT2D eigenvalue weighted by Gasteiger charge is 2.26. The van der Waals surface area contributed by atoms with E-state index in [1.165, 1.54) is 0 Å². The number of ether oxygens (including phenoxy) is 3. The molecule has 0 aliphatic heterocycles. The minimum absolute atomic E-state index is 0.0899. The molecule has 0 radical (unpaired) electrons. The topological polar surface area (TPSA) is 85.9 Å². The highest BCUT2D eigenvalue weighted by atomic mass is 16.6. The van der Waals surface area contributed by atoms with Gasteiger partial charge in [0.1, 0.15) is 11.6 Å². The second-order valence-corrected chi connectivity index (χ2v) is 7.28. The summed E-state index contributed by atoms with van der Waals surface area (Å²) >= 11 is 0. The molecule has 0 aliphatic carbocycles. The van der Waals surface area contributed by atoms with Gasteiger partial charge in [-0.05, 0) is 44.4 Å². The molecule has 146 valence electrons. The van der Waals surface area contributed by atoms with E-state index in [2.05, 4.69) is 10.6 Å². The van der Waals surface area contributed by atoms with E-state index < -0.39 is 17.7 Å². The molecule has 0 saturated heterocycles. The first-order valence-corrected chi connectivity index (χ1v) is 8.55. The minimum atomic E-state index is -0.690. The van der Waals surface area contributed by atoms with Crippen molar-refractivity contribution in [1.82, 2.24) is 10.6 Å². The SMILES string of the molecule is COc1ccc(CNC(=O)C(NC(=O)OC(C)(C)C)C(C)C)cc1OC. The Hall–Kier alpha value is -2.44. The van der Waals surface area contributed by atoms with Crippen LogP contribution in [0.15, 0.2) is 18.2 Å². The summed E-state index contributed by atoms with van der Waals surface area (Å²) in [6, 6.07) is 4.72. The lowest BCUT2D eigenvalue weighted by atomic mass is 10.0. The molecule has 0 bridgehead atoms. The van der Waals surface area contributed by atoms with Gasteiger partial charge in [0, 0.05) is 6.54 Å². The second kappa shape index (κ2) is 9.31. The third-order valence-electron chi connectivity index (χ3n) is 3.54. The van der Waals surface area contributed by atoms with Gasteiger partial charge in [-0.1, -0.05) is 19.9 Å². The predicted octanol–water partition coefficient (Wildman–Crippen LogP) is 2.87. The van der Waals surface area contributed by atoms with Crippen LogP contribution in [0.1, 0.15) is 40.2 Å². The van der Waals surface area contributed by atoms with Gasteiger partial charge < -0.3 is 24.8 Å². The first-order valence-electron chi connectivity index (χ1n) is 8.55. The summed E-state index contributed by atoms with van der Waals surface area (Å²) in [6.07, 6.45) is -0.613. The van der Waals surface area contributed by atoms with Gasteiger partial charge in [0.05, 0.1) is 14.2 Å². The zero-order chi connectivity index (χ0) is 19.9. The normalized spacial score (nSPS) is 12.3. The lowest BCUT2D eigenvalue weighted by molar-refractivity contribution is -0.124. The van der Waals surface area contributed by atoms with Crippen LogP contribution in [0.3, 0.4) is 0 Å². The number of carbonyl (C=O) groups excluding carboxylic acids is 2. The maximum atomic E-state index is 12.5. The first kappa shape index (κ1) is 21.6. The molecule has 26 heavy (non-hydrogen) atoms. The van der Waals surface area contributed by atoms with Gasteiger partial charge in [0.25, 0.3) is 0 Å². The van der Waals surface area contributed by atoms with E-state index in [1.807, 2.05) is 19.9 Å². The van der Waals surface area contributed by atoms with E-state index in [4.69, 9.17) is 14.2 Å². The predicted molar refractivity (Wildman–Crippen MR) is 99.4 cm³/mol. The third-order valence-corrected chi connectivity index (χ3v) is 3.54. The second-order valence-electron chi connectivity index (χ2n) is 7.28. The van der Waals surface area contributed by atoms with E-state index in [0.717, 1.165) is 5.56 Å². The van der Waals surface area contributed by atoms with Crippen LogP contribution >= 0.6 is 0 Å². The Morgan fingerprint density at radius 2 is 1.69 bits per heavy atom. The minimum Gasteiger partial charge on any atom is -0.493 e. The van der Waals surface area contributed by atoms with Crippen LogP contribution in [0.25, 0.3) is 0 Å². The number of benzene rings is 1. The zero-order valence-corrected chi connectivity index (χ0v) is 16.6. The molecule has 7 heteroatoms. The largest absolute Gasteiger partial charge is 0.493 e. The number of carbonyl (C=O) groups is 2. The van der Waals surface area contributed by atoms with Crippen molar-refractivity contribution in [3.05, 3.63) is 23.8 Å². The fourth-order valence-electron chi connectivity index (χ4n) is 2.26. The summed E-state index contributed by atoms with van der Waals surface area (Å²) in [5.74, 6) is 0.842. The molecule has 1 atom stereocenters. The Morgan fingerprint density at radius 1 is 1.08 bits per heavy atom. The molecule has 2 N–H and O–H groups in total. The van der Waals surface area contributed by atoms with Crippen molar-refractivity contribution in [2.24, 2.45) is 5.92 Å². The summed E-state index contributed by atoms with van der Waals surface area (Å²) in [5, 5.41) is 5.46. The quantitative estimate of drug-likeness (QED) is 0.775. The van der Waals surface area contributed by atoms with Crippen molar-refractivity contribution in [1.29, 1.82) is 0 Å². The van der Waals surface area contributed by atoms with Crippen molar-refractivity contribution >= 4 is 12.0 Å². The lowest BCUT2D eigenvalue weighted by Gasteiger charge is -2.25. The Bertz CT molecular complexity index is 623. The van der Waals surface area contributed by atoms with Crippen LogP contribution in [0, 0.1) is 5.92 Å². The Balaban J connectivity index is 2.72. The molecule has 0 heterocycles. The van der Waals surface area contributed by atoms with Crippen LogP contribution in [0.4, 0.5) is 4.79 Å². The monoisotopic (exact) mass is 366 g/mol. The molecule has 1 aromatic carbocycles. The maximum absolute atomic E-state index is 12.5. The molecule has 0 aliphatic rings. The zero-order valence-electron chi connectivity index (χ0n) is 16.6. The first-order chi connectivity index (χ1) is 12.1. The van der Waals surface area contributed by atoms with Gasteiger partial charge in [-0.15, -0.1) is 0 Å². The molecule has 0 aromatic heterocycles. The number of hydrogen-bond acceptors (Lipinski definition) is 5. The van der Waals surface area contributed by atoms with Gasteiger partial charge in [0.15, 0.2) is 11.5 Å². The molecule has 0 fully saturated rings. The fraction of sp³-hybridized carbons (Fsp3) is 0.579. The van der Waals surface area contributed by atoms with E-state index in [0.29, 0.717) is 18.0 Å². The molecule has 0 saturated carbocycles. The molecule has 0 spiro atoms. The molecule has 1 unspecified atom stereocenters. The summed E-state index contributed by atoms with van der Waals surface area (Å²) in [4.78, 5) is 24.5. The van der Waals surface area contributed by atoms with Gasteiger partial charge in [-0.25, -0.2) is 4.79 Å². The Kier molecular flexibility index (Phi) is 7.74. The number of methoxy groups -OCH3 is 2. The maximum Gasteiger partial charge on any atom is 0.408 e. The molecular weight excluding hydrogens is 336 g/mol.